The maximum absolute atomic E-state index is 9.74. The van der Waals surface area contributed by atoms with Crippen molar-refractivity contribution in [1.29, 1.82) is 0 Å². The van der Waals surface area contributed by atoms with Crippen molar-refractivity contribution in [2.75, 3.05) is 20.1 Å². The average molecular weight is 202 g/mol. The summed E-state index contributed by atoms with van der Waals surface area (Å²) < 4.78 is 0. The quantitative estimate of drug-likeness (QED) is 0.677. The molecule has 0 bridgehead atoms. The fourth-order valence-electron chi connectivity index (χ4n) is 1.23. The summed E-state index contributed by atoms with van der Waals surface area (Å²) in [6.45, 7) is 9.65. The zero-order chi connectivity index (χ0) is 11.4. The lowest BCUT2D eigenvalue weighted by Gasteiger charge is -2.30. The van der Waals surface area contributed by atoms with Gasteiger partial charge in [-0.2, -0.15) is 0 Å². The van der Waals surface area contributed by atoms with E-state index in [1.165, 1.54) is 0 Å². The molecule has 0 aliphatic rings. The number of nitrogens with zero attached hydrogens (tertiary/aromatic N) is 1. The summed E-state index contributed by atoms with van der Waals surface area (Å²) in [6.07, 6.45) is 0.733. The van der Waals surface area contributed by atoms with Crippen LogP contribution < -0.4 is 5.73 Å². The molecule has 0 fully saturated rings. The van der Waals surface area contributed by atoms with E-state index in [4.69, 9.17) is 5.73 Å². The van der Waals surface area contributed by atoms with Crippen LogP contribution in [0.4, 0.5) is 0 Å². The van der Waals surface area contributed by atoms with E-state index in [2.05, 4.69) is 32.7 Å². The molecule has 0 aromatic heterocycles. The molecule has 2 unspecified atom stereocenters. The topological polar surface area (TPSA) is 49.5 Å². The predicted octanol–water partition coefficient (Wildman–Crippen LogP) is 1.06. The molecule has 0 rings (SSSR count). The Labute approximate surface area is 88.3 Å². The summed E-state index contributed by atoms with van der Waals surface area (Å²) in [5.74, 6) is 0.642. The minimum atomic E-state index is -0.717. The Balaban J connectivity index is 3.90. The van der Waals surface area contributed by atoms with Gasteiger partial charge in [0, 0.05) is 19.1 Å². The maximum atomic E-state index is 9.74. The molecule has 0 aliphatic carbocycles. The van der Waals surface area contributed by atoms with Crippen molar-refractivity contribution in [2.45, 2.75) is 45.8 Å². The Morgan fingerprint density at radius 1 is 1.36 bits per heavy atom. The Bertz CT molecular complexity index is 157. The van der Waals surface area contributed by atoms with E-state index < -0.39 is 5.60 Å². The molecular weight excluding hydrogens is 176 g/mol. The van der Waals surface area contributed by atoms with Crippen LogP contribution in [0.3, 0.4) is 0 Å². The number of aliphatic hydroxyl groups is 1. The fourth-order valence-corrected chi connectivity index (χ4v) is 1.23. The molecule has 3 heteroatoms. The number of nitrogens with two attached hydrogens (primary N) is 1. The summed E-state index contributed by atoms with van der Waals surface area (Å²) >= 11 is 0. The van der Waals surface area contributed by atoms with E-state index >= 15 is 0 Å². The molecule has 86 valence electrons. The molecule has 0 aromatic carbocycles. The SMILES string of the molecule is CC(C)C(C)N(C)CCC(C)(O)CN. The minimum Gasteiger partial charge on any atom is -0.389 e. The van der Waals surface area contributed by atoms with E-state index in [9.17, 15) is 5.11 Å². The highest BCUT2D eigenvalue weighted by atomic mass is 16.3. The van der Waals surface area contributed by atoms with Gasteiger partial charge < -0.3 is 15.7 Å². The van der Waals surface area contributed by atoms with Crippen LogP contribution in [0.2, 0.25) is 0 Å². The van der Waals surface area contributed by atoms with Crippen molar-refractivity contribution in [3.63, 3.8) is 0 Å². The van der Waals surface area contributed by atoms with Crippen LogP contribution in [0.5, 0.6) is 0 Å². The number of hydrogen-bond acceptors (Lipinski definition) is 3. The maximum Gasteiger partial charge on any atom is 0.0753 e. The van der Waals surface area contributed by atoms with Crippen molar-refractivity contribution in [2.24, 2.45) is 11.7 Å². The molecule has 0 saturated carbocycles. The van der Waals surface area contributed by atoms with Gasteiger partial charge >= 0.3 is 0 Å². The van der Waals surface area contributed by atoms with Gasteiger partial charge in [0.1, 0.15) is 0 Å². The highest BCUT2D eigenvalue weighted by Gasteiger charge is 2.20. The summed E-state index contributed by atoms with van der Waals surface area (Å²) in [6, 6.07) is 0.545. The van der Waals surface area contributed by atoms with Gasteiger partial charge in [0.2, 0.25) is 0 Å². The average Bonchev–Trinajstić information content (AvgIpc) is 2.13. The van der Waals surface area contributed by atoms with Crippen molar-refractivity contribution >= 4 is 0 Å². The second-order valence-corrected chi connectivity index (χ2v) is 4.92. The lowest BCUT2D eigenvalue weighted by Crippen LogP contribution is -2.41. The molecule has 0 heterocycles. The lowest BCUT2D eigenvalue weighted by atomic mass is 10.0. The van der Waals surface area contributed by atoms with E-state index in [0.29, 0.717) is 18.5 Å². The zero-order valence-electron chi connectivity index (χ0n) is 10.2. The van der Waals surface area contributed by atoms with Crippen molar-refractivity contribution in [1.82, 2.24) is 4.90 Å². The molecule has 0 radical (unpaired) electrons. The van der Waals surface area contributed by atoms with Gasteiger partial charge in [-0.05, 0) is 33.2 Å². The first-order valence-corrected chi connectivity index (χ1v) is 5.43. The van der Waals surface area contributed by atoms with Crippen molar-refractivity contribution in [3.05, 3.63) is 0 Å². The largest absolute Gasteiger partial charge is 0.389 e. The van der Waals surface area contributed by atoms with Crippen LogP contribution in [-0.4, -0.2) is 41.8 Å². The van der Waals surface area contributed by atoms with Crippen LogP contribution in [-0.2, 0) is 0 Å². The number of rotatable bonds is 6. The Morgan fingerprint density at radius 2 is 1.86 bits per heavy atom. The Hall–Kier alpha value is -0.120. The van der Waals surface area contributed by atoms with E-state index in [0.717, 1.165) is 13.0 Å². The van der Waals surface area contributed by atoms with E-state index in [-0.39, 0.29) is 0 Å². The third kappa shape index (κ3) is 4.94. The number of hydrogen-bond donors (Lipinski definition) is 2. The molecule has 0 aromatic rings. The zero-order valence-corrected chi connectivity index (χ0v) is 10.2. The second-order valence-electron chi connectivity index (χ2n) is 4.92. The first-order chi connectivity index (χ1) is 6.30. The van der Waals surface area contributed by atoms with Crippen molar-refractivity contribution in [3.8, 4) is 0 Å². The van der Waals surface area contributed by atoms with Gasteiger partial charge in [-0.1, -0.05) is 13.8 Å². The normalized spacial score (nSPS) is 18.6. The Morgan fingerprint density at radius 3 is 2.21 bits per heavy atom. The van der Waals surface area contributed by atoms with Crippen LogP contribution in [0.25, 0.3) is 0 Å². The van der Waals surface area contributed by atoms with Gasteiger partial charge in [-0.25, -0.2) is 0 Å². The predicted molar refractivity (Wildman–Crippen MR) is 61.2 cm³/mol. The molecule has 0 aliphatic heterocycles. The van der Waals surface area contributed by atoms with Gasteiger partial charge in [0.15, 0.2) is 0 Å². The monoisotopic (exact) mass is 202 g/mol. The fraction of sp³-hybridized carbons (Fsp3) is 1.00. The molecule has 3 N–H and O–H groups in total. The van der Waals surface area contributed by atoms with Gasteiger partial charge in [0.05, 0.1) is 5.60 Å². The van der Waals surface area contributed by atoms with Gasteiger partial charge in [-0.3, -0.25) is 0 Å². The molecule has 3 nitrogen and oxygen atoms in total. The van der Waals surface area contributed by atoms with E-state index in [1.54, 1.807) is 6.92 Å². The lowest BCUT2D eigenvalue weighted by molar-refractivity contribution is 0.0440. The summed E-state index contributed by atoms with van der Waals surface area (Å²) in [7, 11) is 2.09. The molecule has 0 amide bonds. The molecular formula is C11H26N2O. The second kappa shape index (κ2) is 5.69. The van der Waals surface area contributed by atoms with Gasteiger partial charge in [0.25, 0.3) is 0 Å². The highest BCUT2D eigenvalue weighted by Crippen LogP contribution is 2.12. The minimum absolute atomic E-state index is 0.330. The molecule has 0 spiro atoms. The Kier molecular flexibility index (Phi) is 5.64. The third-order valence-corrected chi connectivity index (χ3v) is 3.10. The smallest absolute Gasteiger partial charge is 0.0753 e. The summed E-state index contributed by atoms with van der Waals surface area (Å²) in [5.41, 5.74) is 4.74. The standard InChI is InChI=1S/C11H26N2O/c1-9(2)10(3)13(5)7-6-11(4,14)8-12/h9-10,14H,6-8,12H2,1-5H3. The molecule has 0 saturated heterocycles. The van der Waals surface area contributed by atoms with Crippen LogP contribution >= 0.6 is 0 Å². The first-order valence-electron chi connectivity index (χ1n) is 5.43. The third-order valence-electron chi connectivity index (χ3n) is 3.10. The summed E-state index contributed by atoms with van der Waals surface area (Å²) in [4.78, 5) is 2.27. The van der Waals surface area contributed by atoms with Crippen LogP contribution in [0, 0.1) is 5.92 Å². The molecule has 2 atom stereocenters. The highest BCUT2D eigenvalue weighted by molar-refractivity contribution is 4.76. The summed E-state index contributed by atoms with van der Waals surface area (Å²) in [5, 5.41) is 9.74. The van der Waals surface area contributed by atoms with Crippen LogP contribution in [0.1, 0.15) is 34.1 Å². The van der Waals surface area contributed by atoms with Crippen LogP contribution in [0.15, 0.2) is 0 Å². The molecule has 14 heavy (non-hydrogen) atoms. The first kappa shape index (κ1) is 13.9. The van der Waals surface area contributed by atoms with Crippen molar-refractivity contribution < 1.29 is 5.11 Å². The van der Waals surface area contributed by atoms with E-state index in [1.807, 2.05) is 0 Å². The van der Waals surface area contributed by atoms with Gasteiger partial charge in [-0.15, -0.1) is 0 Å².